The third kappa shape index (κ3) is 2.13. The molecular formula is C12H18N2O. The van der Waals surface area contributed by atoms with Crippen LogP contribution >= 0.6 is 0 Å². The van der Waals surface area contributed by atoms with E-state index in [4.69, 9.17) is 4.74 Å². The zero-order chi connectivity index (χ0) is 10.7. The number of piperazine rings is 1. The molecule has 2 rings (SSSR count). The summed E-state index contributed by atoms with van der Waals surface area (Å²) < 4.78 is 5.39. The van der Waals surface area contributed by atoms with Crippen LogP contribution in [-0.2, 0) is 0 Å². The van der Waals surface area contributed by atoms with Crippen molar-refractivity contribution < 1.29 is 4.74 Å². The van der Waals surface area contributed by atoms with Crippen molar-refractivity contribution in [3.63, 3.8) is 0 Å². The highest BCUT2D eigenvalue weighted by molar-refractivity contribution is 5.36. The smallest absolute Gasteiger partial charge is 0.123 e. The van der Waals surface area contributed by atoms with Crippen molar-refractivity contribution in [1.29, 1.82) is 0 Å². The van der Waals surface area contributed by atoms with Crippen LogP contribution in [0.15, 0.2) is 24.3 Å². The van der Waals surface area contributed by atoms with Crippen LogP contribution < -0.4 is 10.1 Å². The van der Waals surface area contributed by atoms with Crippen LogP contribution in [0.3, 0.4) is 0 Å². The molecule has 15 heavy (non-hydrogen) atoms. The largest absolute Gasteiger partial charge is 0.496 e. The predicted octanol–water partition coefficient (Wildman–Crippen LogP) is 1.27. The Hall–Kier alpha value is -1.06. The van der Waals surface area contributed by atoms with Gasteiger partial charge in [-0.1, -0.05) is 18.2 Å². The summed E-state index contributed by atoms with van der Waals surface area (Å²) in [6, 6.07) is 8.68. The van der Waals surface area contributed by atoms with Gasteiger partial charge in [-0.25, -0.2) is 0 Å². The summed E-state index contributed by atoms with van der Waals surface area (Å²) in [7, 11) is 3.90. The SMILES string of the molecule is COc1ccccc1[C@H]1CNCCN1C. The molecule has 3 heteroatoms. The summed E-state index contributed by atoms with van der Waals surface area (Å²) in [4.78, 5) is 2.37. The van der Waals surface area contributed by atoms with E-state index < -0.39 is 0 Å². The van der Waals surface area contributed by atoms with Gasteiger partial charge in [0, 0.05) is 25.2 Å². The van der Waals surface area contributed by atoms with Crippen molar-refractivity contribution in [1.82, 2.24) is 10.2 Å². The Kier molecular flexibility index (Phi) is 3.23. The molecule has 1 atom stereocenters. The second-order valence-electron chi connectivity index (χ2n) is 3.94. The molecule has 0 unspecified atom stereocenters. The first-order valence-electron chi connectivity index (χ1n) is 5.37. The lowest BCUT2D eigenvalue weighted by molar-refractivity contribution is 0.198. The van der Waals surface area contributed by atoms with Crippen LogP contribution in [0.2, 0.25) is 0 Å². The van der Waals surface area contributed by atoms with Crippen LogP contribution in [0.5, 0.6) is 5.75 Å². The standard InChI is InChI=1S/C12H18N2O/c1-14-8-7-13-9-11(14)10-5-3-4-6-12(10)15-2/h3-6,11,13H,7-9H2,1-2H3/t11-/m1/s1. The molecule has 1 aromatic carbocycles. The third-order valence-electron chi connectivity index (χ3n) is 3.01. The van der Waals surface area contributed by atoms with E-state index in [9.17, 15) is 0 Å². The summed E-state index contributed by atoms with van der Waals surface area (Å²) in [5, 5.41) is 3.42. The maximum absolute atomic E-state index is 5.39. The monoisotopic (exact) mass is 206 g/mol. The number of hydrogen-bond donors (Lipinski definition) is 1. The second kappa shape index (κ2) is 4.64. The molecule has 0 aliphatic carbocycles. The first kappa shape index (κ1) is 10.5. The molecule has 0 saturated carbocycles. The van der Waals surface area contributed by atoms with Gasteiger partial charge in [-0.2, -0.15) is 0 Å². The number of rotatable bonds is 2. The van der Waals surface area contributed by atoms with Crippen molar-refractivity contribution in [3.05, 3.63) is 29.8 Å². The molecule has 1 aliphatic heterocycles. The van der Waals surface area contributed by atoms with E-state index >= 15 is 0 Å². The fraction of sp³-hybridized carbons (Fsp3) is 0.500. The zero-order valence-electron chi connectivity index (χ0n) is 9.36. The number of methoxy groups -OCH3 is 1. The molecule has 3 nitrogen and oxygen atoms in total. The topological polar surface area (TPSA) is 24.5 Å². The minimum Gasteiger partial charge on any atom is -0.496 e. The molecule has 1 fully saturated rings. The number of para-hydroxylation sites is 1. The highest BCUT2D eigenvalue weighted by Crippen LogP contribution is 2.28. The molecule has 0 amide bonds. The lowest BCUT2D eigenvalue weighted by atomic mass is 10.0. The van der Waals surface area contributed by atoms with Gasteiger partial charge in [0.2, 0.25) is 0 Å². The van der Waals surface area contributed by atoms with E-state index in [0.717, 1.165) is 25.4 Å². The molecule has 0 aromatic heterocycles. The minimum atomic E-state index is 0.426. The second-order valence-corrected chi connectivity index (χ2v) is 3.94. The average molecular weight is 206 g/mol. The van der Waals surface area contributed by atoms with Gasteiger partial charge < -0.3 is 10.1 Å². The quantitative estimate of drug-likeness (QED) is 0.788. The molecule has 0 radical (unpaired) electrons. The van der Waals surface area contributed by atoms with Crippen molar-refractivity contribution in [2.24, 2.45) is 0 Å². The van der Waals surface area contributed by atoms with Gasteiger partial charge in [-0.3, -0.25) is 4.90 Å². The molecule has 82 valence electrons. The Bertz CT molecular complexity index is 327. The highest BCUT2D eigenvalue weighted by Gasteiger charge is 2.22. The van der Waals surface area contributed by atoms with Gasteiger partial charge in [0.25, 0.3) is 0 Å². The Morgan fingerprint density at radius 1 is 1.40 bits per heavy atom. The van der Waals surface area contributed by atoms with Crippen LogP contribution in [0.25, 0.3) is 0 Å². The van der Waals surface area contributed by atoms with Crippen molar-refractivity contribution >= 4 is 0 Å². The van der Waals surface area contributed by atoms with Crippen LogP contribution in [0, 0.1) is 0 Å². The Morgan fingerprint density at radius 2 is 2.20 bits per heavy atom. The van der Waals surface area contributed by atoms with Crippen LogP contribution in [0.4, 0.5) is 0 Å². The number of benzene rings is 1. The molecule has 0 bridgehead atoms. The zero-order valence-corrected chi connectivity index (χ0v) is 9.36. The third-order valence-corrected chi connectivity index (χ3v) is 3.01. The molecule has 0 spiro atoms. The van der Waals surface area contributed by atoms with Gasteiger partial charge in [0.1, 0.15) is 5.75 Å². The first-order chi connectivity index (χ1) is 7.33. The van der Waals surface area contributed by atoms with E-state index in [1.807, 2.05) is 12.1 Å². The molecule has 1 saturated heterocycles. The summed E-state index contributed by atoms with van der Waals surface area (Å²) in [5.74, 6) is 0.984. The fourth-order valence-corrected chi connectivity index (χ4v) is 2.09. The highest BCUT2D eigenvalue weighted by atomic mass is 16.5. The van der Waals surface area contributed by atoms with Crippen molar-refractivity contribution in [3.8, 4) is 5.75 Å². The maximum atomic E-state index is 5.39. The normalized spacial score (nSPS) is 22.7. The number of nitrogens with zero attached hydrogens (tertiary/aromatic N) is 1. The maximum Gasteiger partial charge on any atom is 0.123 e. The van der Waals surface area contributed by atoms with Crippen LogP contribution in [0.1, 0.15) is 11.6 Å². The lowest BCUT2D eigenvalue weighted by Gasteiger charge is -2.34. The average Bonchev–Trinajstić information content (AvgIpc) is 2.30. The fourth-order valence-electron chi connectivity index (χ4n) is 2.09. The minimum absolute atomic E-state index is 0.426. The number of nitrogens with one attached hydrogen (secondary N) is 1. The number of likely N-dealkylation sites (N-methyl/N-ethyl adjacent to an activating group) is 1. The summed E-state index contributed by atoms with van der Waals surface area (Å²) in [6.45, 7) is 3.15. The predicted molar refractivity (Wildman–Crippen MR) is 61.2 cm³/mol. The van der Waals surface area contributed by atoms with E-state index in [1.165, 1.54) is 5.56 Å². The van der Waals surface area contributed by atoms with Gasteiger partial charge in [0.05, 0.1) is 13.2 Å². The van der Waals surface area contributed by atoms with E-state index in [2.05, 4.69) is 29.4 Å². The van der Waals surface area contributed by atoms with Gasteiger partial charge >= 0.3 is 0 Å². The molecular weight excluding hydrogens is 188 g/mol. The van der Waals surface area contributed by atoms with Crippen molar-refractivity contribution in [2.75, 3.05) is 33.8 Å². The number of hydrogen-bond acceptors (Lipinski definition) is 3. The van der Waals surface area contributed by atoms with Gasteiger partial charge in [0.15, 0.2) is 0 Å². The number of ether oxygens (including phenoxy) is 1. The van der Waals surface area contributed by atoms with E-state index in [1.54, 1.807) is 7.11 Å². The van der Waals surface area contributed by atoms with Gasteiger partial charge in [-0.05, 0) is 13.1 Å². The van der Waals surface area contributed by atoms with Crippen LogP contribution in [-0.4, -0.2) is 38.7 Å². The molecule has 1 aliphatic rings. The van der Waals surface area contributed by atoms with E-state index in [-0.39, 0.29) is 0 Å². The molecule has 1 heterocycles. The van der Waals surface area contributed by atoms with E-state index in [0.29, 0.717) is 6.04 Å². The Balaban J connectivity index is 2.26. The first-order valence-corrected chi connectivity index (χ1v) is 5.37. The Morgan fingerprint density at radius 3 is 2.93 bits per heavy atom. The summed E-state index contributed by atoms with van der Waals surface area (Å²) in [6.07, 6.45) is 0. The van der Waals surface area contributed by atoms with Gasteiger partial charge in [-0.15, -0.1) is 0 Å². The summed E-state index contributed by atoms with van der Waals surface area (Å²) in [5.41, 5.74) is 1.27. The lowest BCUT2D eigenvalue weighted by Crippen LogP contribution is -2.43. The van der Waals surface area contributed by atoms with Crippen molar-refractivity contribution in [2.45, 2.75) is 6.04 Å². The molecule has 1 aromatic rings. The summed E-state index contributed by atoms with van der Waals surface area (Å²) >= 11 is 0. The Labute approximate surface area is 91.0 Å². The molecule has 1 N–H and O–H groups in total.